The minimum absolute atomic E-state index is 0.0236. The Morgan fingerprint density at radius 3 is 2.39 bits per heavy atom. The molecule has 7 heteroatoms. The highest BCUT2D eigenvalue weighted by atomic mass is 35.5. The monoisotopic (exact) mass is 505 g/mol. The molecule has 3 aromatic carbocycles. The number of carbonyl (C=O) groups is 3. The van der Waals surface area contributed by atoms with Crippen molar-refractivity contribution < 1.29 is 14.4 Å². The lowest BCUT2D eigenvalue weighted by Gasteiger charge is -2.31. The van der Waals surface area contributed by atoms with Crippen molar-refractivity contribution in [1.29, 1.82) is 0 Å². The Morgan fingerprint density at radius 1 is 1.03 bits per heavy atom. The van der Waals surface area contributed by atoms with Crippen molar-refractivity contribution in [1.82, 2.24) is 10.2 Å². The zero-order valence-electron chi connectivity index (χ0n) is 21.0. The standard InChI is InChI=1S/C29H32ClN3O3/c1-4-24(28(35)31-19(2)3)33(18-20-13-15-22(30)16-14-20)26(34)12-7-17-32-25-11-6-9-21-8-5-10-23(27(21)25)29(32)36/h5-6,8-11,13-16,19,24H,4,7,12,17-18H2,1-3H3,(H,31,35). The second-order valence-corrected chi connectivity index (χ2v) is 9.91. The van der Waals surface area contributed by atoms with Gasteiger partial charge in [-0.25, -0.2) is 0 Å². The Bertz CT molecular complexity index is 1270. The summed E-state index contributed by atoms with van der Waals surface area (Å²) in [6.07, 6.45) is 1.23. The smallest absolute Gasteiger partial charge is 0.258 e. The van der Waals surface area contributed by atoms with E-state index in [9.17, 15) is 14.4 Å². The summed E-state index contributed by atoms with van der Waals surface area (Å²) in [6, 6.07) is 18.4. The van der Waals surface area contributed by atoms with Gasteiger partial charge in [-0.15, -0.1) is 0 Å². The van der Waals surface area contributed by atoms with E-state index in [1.54, 1.807) is 21.9 Å². The number of benzene rings is 3. The molecule has 0 aliphatic carbocycles. The normalized spacial score (nSPS) is 13.4. The van der Waals surface area contributed by atoms with Crippen molar-refractivity contribution in [2.45, 2.75) is 58.7 Å². The molecule has 3 aromatic rings. The third-order valence-electron chi connectivity index (χ3n) is 6.50. The quantitative estimate of drug-likeness (QED) is 0.392. The molecule has 0 fully saturated rings. The SMILES string of the molecule is CCC(C(=O)NC(C)C)N(Cc1ccc(Cl)cc1)C(=O)CCCN1C(=O)c2cccc3cccc1c23. The highest BCUT2D eigenvalue weighted by Crippen LogP contribution is 2.37. The van der Waals surface area contributed by atoms with Gasteiger partial charge in [-0.2, -0.15) is 0 Å². The number of hydrogen-bond acceptors (Lipinski definition) is 3. The van der Waals surface area contributed by atoms with Gasteiger partial charge in [0.15, 0.2) is 0 Å². The Labute approximate surface area is 217 Å². The van der Waals surface area contributed by atoms with Crippen LogP contribution in [0.4, 0.5) is 5.69 Å². The van der Waals surface area contributed by atoms with E-state index in [1.165, 1.54) is 0 Å². The first-order valence-electron chi connectivity index (χ1n) is 12.5. The maximum absolute atomic E-state index is 13.5. The van der Waals surface area contributed by atoms with Crippen LogP contribution in [0.15, 0.2) is 60.7 Å². The van der Waals surface area contributed by atoms with Crippen molar-refractivity contribution in [3.05, 3.63) is 76.8 Å². The summed E-state index contributed by atoms with van der Waals surface area (Å²) in [5.74, 6) is -0.306. The molecule has 4 rings (SSSR count). The van der Waals surface area contributed by atoms with Crippen LogP contribution in [0.3, 0.4) is 0 Å². The van der Waals surface area contributed by atoms with Crippen LogP contribution >= 0.6 is 11.6 Å². The molecule has 1 aliphatic heterocycles. The van der Waals surface area contributed by atoms with Crippen molar-refractivity contribution in [3.8, 4) is 0 Å². The summed E-state index contributed by atoms with van der Waals surface area (Å²) < 4.78 is 0. The Kier molecular flexibility index (Phi) is 7.94. The number of nitrogens with one attached hydrogen (secondary N) is 1. The molecule has 0 spiro atoms. The van der Waals surface area contributed by atoms with E-state index >= 15 is 0 Å². The van der Waals surface area contributed by atoms with Crippen LogP contribution in [0, 0.1) is 0 Å². The van der Waals surface area contributed by atoms with Gasteiger partial charge in [-0.1, -0.05) is 54.9 Å². The first-order chi connectivity index (χ1) is 17.3. The number of hydrogen-bond donors (Lipinski definition) is 1. The summed E-state index contributed by atoms with van der Waals surface area (Å²) in [5, 5.41) is 5.57. The van der Waals surface area contributed by atoms with Gasteiger partial charge in [0.25, 0.3) is 5.91 Å². The molecule has 0 bridgehead atoms. The number of halogens is 1. The number of nitrogens with zero attached hydrogens (tertiary/aromatic N) is 2. The van der Waals surface area contributed by atoms with Crippen LogP contribution in [0.2, 0.25) is 5.02 Å². The van der Waals surface area contributed by atoms with Gasteiger partial charge in [-0.3, -0.25) is 14.4 Å². The lowest BCUT2D eigenvalue weighted by molar-refractivity contribution is -0.141. The van der Waals surface area contributed by atoms with Gasteiger partial charge < -0.3 is 15.1 Å². The molecule has 0 saturated heterocycles. The molecule has 1 heterocycles. The van der Waals surface area contributed by atoms with Crippen LogP contribution in [0.1, 0.15) is 56.0 Å². The molecular weight excluding hydrogens is 474 g/mol. The highest BCUT2D eigenvalue weighted by Gasteiger charge is 2.31. The van der Waals surface area contributed by atoms with E-state index in [0.29, 0.717) is 36.5 Å². The predicted molar refractivity (Wildman–Crippen MR) is 144 cm³/mol. The summed E-state index contributed by atoms with van der Waals surface area (Å²) in [6.45, 7) is 6.46. The van der Waals surface area contributed by atoms with Crippen LogP contribution < -0.4 is 10.2 Å². The van der Waals surface area contributed by atoms with Crippen molar-refractivity contribution in [3.63, 3.8) is 0 Å². The minimum atomic E-state index is -0.581. The van der Waals surface area contributed by atoms with E-state index in [2.05, 4.69) is 5.32 Å². The number of carbonyl (C=O) groups excluding carboxylic acids is 3. The van der Waals surface area contributed by atoms with Gasteiger partial charge in [0.1, 0.15) is 6.04 Å². The Balaban J connectivity index is 1.48. The molecule has 0 saturated carbocycles. The van der Waals surface area contributed by atoms with E-state index in [0.717, 1.165) is 22.0 Å². The molecular formula is C29H32ClN3O3. The van der Waals surface area contributed by atoms with Gasteiger partial charge in [-0.05, 0) is 61.9 Å². The van der Waals surface area contributed by atoms with E-state index in [-0.39, 0.29) is 30.2 Å². The van der Waals surface area contributed by atoms with E-state index in [4.69, 9.17) is 11.6 Å². The van der Waals surface area contributed by atoms with E-state index in [1.807, 2.05) is 69.3 Å². The molecule has 3 amide bonds. The van der Waals surface area contributed by atoms with Crippen molar-refractivity contribution in [2.75, 3.05) is 11.4 Å². The lowest BCUT2D eigenvalue weighted by Crippen LogP contribution is -2.50. The zero-order chi connectivity index (χ0) is 25.8. The van der Waals surface area contributed by atoms with Gasteiger partial charge in [0.05, 0.1) is 5.69 Å². The maximum Gasteiger partial charge on any atom is 0.258 e. The first-order valence-corrected chi connectivity index (χ1v) is 12.9. The second kappa shape index (κ2) is 11.1. The Hall–Kier alpha value is -3.38. The maximum atomic E-state index is 13.5. The first kappa shape index (κ1) is 25.7. The highest BCUT2D eigenvalue weighted by molar-refractivity contribution is 6.30. The molecule has 36 heavy (non-hydrogen) atoms. The summed E-state index contributed by atoms with van der Waals surface area (Å²) >= 11 is 6.04. The van der Waals surface area contributed by atoms with Crippen LogP contribution in [0.25, 0.3) is 10.8 Å². The topological polar surface area (TPSA) is 69.7 Å². The average Bonchev–Trinajstić information content (AvgIpc) is 3.12. The third-order valence-corrected chi connectivity index (χ3v) is 6.76. The molecule has 188 valence electrons. The number of rotatable bonds is 10. The number of anilines is 1. The summed E-state index contributed by atoms with van der Waals surface area (Å²) in [4.78, 5) is 42.9. The van der Waals surface area contributed by atoms with Gasteiger partial charge >= 0.3 is 0 Å². The fourth-order valence-corrected chi connectivity index (χ4v) is 4.95. The van der Waals surface area contributed by atoms with E-state index < -0.39 is 6.04 Å². The second-order valence-electron chi connectivity index (χ2n) is 9.48. The van der Waals surface area contributed by atoms with Crippen molar-refractivity contribution >= 4 is 45.8 Å². The molecule has 0 aromatic heterocycles. The molecule has 0 radical (unpaired) electrons. The molecule has 1 N–H and O–H groups in total. The lowest BCUT2D eigenvalue weighted by atomic mass is 10.1. The number of amides is 3. The third kappa shape index (κ3) is 5.39. The predicted octanol–water partition coefficient (Wildman–Crippen LogP) is 5.57. The zero-order valence-corrected chi connectivity index (χ0v) is 21.7. The van der Waals surface area contributed by atoms with Gasteiger partial charge in [0, 0.05) is 41.5 Å². The average molecular weight is 506 g/mol. The Morgan fingerprint density at radius 2 is 1.72 bits per heavy atom. The molecule has 6 nitrogen and oxygen atoms in total. The minimum Gasteiger partial charge on any atom is -0.352 e. The summed E-state index contributed by atoms with van der Waals surface area (Å²) in [5.41, 5.74) is 2.50. The fourth-order valence-electron chi connectivity index (χ4n) is 4.82. The molecule has 1 atom stereocenters. The molecule has 1 unspecified atom stereocenters. The van der Waals surface area contributed by atoms with Crippen LogP contribution in [-0.4, -0.2) is 41.2 Å². The molecule has 1 aliphatic rings. The summed E-state index contributed by atoms with van der Waals surface area (Å²) in [7, 11) is 0. The van der Waals surface area contributed by atoms with Gasteiger partial charge in [0.2, 0.25) is 11.8 Å². The fraction of sp³-hybridized carbons (Fsp3) is 0.345. The van der Waals surface area contributed by atoms with Crippen molar-refractivity contribution in [2.24, 2.45) is 0 Å². The van der Waals surface area contributed by atoms with Crippen LogP contribution in [-0.2, 0) is 16.1 Å². The largest absolute Gasteiger partial charge is 0.352 e. The van der Waals surface area contributed by atoms with Crippen LogP contribution in [0.5, 0.6) is 0 Å².